The maximum atomic E-state index is 8.75. The van der Waals surface area contributed by atoms with Crippen LogP contribution in [0.4, 0.5) is 5.82 Å². The van der Waals surface area contributed by atoms with Crippen LogP contribution in [0, 0.1) is 11.3 Å². The van der Waals surface area contributed by atoms with E-state index in [-0.39, 0.29) is 0 Å². The number of hydrogen-bond acceptors (Lipinski definition) is 3. The smallest absolute Gasteiger partial charge is 0.124 e. The topological polar surface area (TPSA) is 67.6 Å². The lowest BCUT2D eigenvalue weighted by molar-refractivity contribution is 0.767. The van der Waals surface area contributed by atoms with Gasteiger partial charge in [-0.25, -0.2) is 4.98 Å². The third-order valence-corrected chi connectivity index (χ3v) is 3.13. The Morgan fingerprint density at radius 2 is 2.06 bits per heavy atom. The SMILES string of the molecule is N#CCCn1c2ccccc2c2cc(N)ncc21. The van der Waals surface area contributed by atoms with Gasteiger partial charge in [-0.05, 0) is 12.1 Å². The number of aryl methyl sites for hydroxylation is 1. The zero-order valence-corrected chi connectivity index (χ0v) is 9.80. The van der Waals surface area contributed by atoms with Crippen molar-refractivity contribution in [3.8, 4) is 6.07 Å². The highest BCUT2D eigenvalue weighted by Gasteiger charge is 2.10. The van der Waals surface area contributed by atoms with Crippen LogP contribution < -0.4 is 5.73 Å². The first-order valence-electron chi connectivity index (χ1n) is 5.80. The molecule has 4 nitrogen and oxygen atoms in total. The van der Waals surface area contributed by atoms with Crippen LogP contribution in [-0.2, 0) is 6.54 Å². The Balaban J connectivity index is 2.39. The number of fused-ring (bicyclic) bond motifs is 3. The van der Waals surface area contributed by atoms with Gasteiger partial charge in [-0.2, -0.15) is 5.26 Å². The second kappa shape index (κ2) is 4.04. The van der Waals surface area contributed by atoms with Gasteiger partial charge in [0.1, 0.15) is 5.82 Å². The van der Waals surface area contributed by atoms with Crippen LogP contribution in [0.1, 0.15) is 6.42 Å². The highest BCUT2D eigenvalue weighted by Crippen LogP contribution is 2.29. The zero-order chi connectivity index (χ0) is 12.5. The molecule has 3 aromatic rings. The van der Waals surface area contributed by atoms with Crippen molar-refractivity contribution in [2.45, 2.75) is 13.0 Å². The predicted octanol–water partition coefficient (Wildman–Crippen LogP) is 2.69. The molecule has 0 bridgehead atoms. The molecule has 0 aliphatic heterocycles. The summed E-state index contributed by atoms with van der Waals surface area (Å²) in [6.07, 6.45) is 2.26. The molecule has 0 atom stereocenters. The van der Waals surface area contributed by atoms with Gasteiger partial charge in [0.2, 0.25) is 0 Å². The van der Waals surface area contributed by atoms with E-state index in [1.54, 1.807) is 6.20 Å². The van der Waals surface area contributed by atoms with Crippen molar-refractivity contribution in [1.29, 1.82) is 5.26 Å². The van der Waals surface area contributed by atoms with Crippen molar-refractivity contribution in [3.63, 3.8) is 0 Å². The average Bonchev–Trinajstić information content (AvgIpc) is 2.70. The van der Waals surface area contributed by atoms with Crippen molar-refractivity contribution in [3.05, 3.63) is 36.5 Å². The van der Waals surface area contributed by atoms with Crippen molar-refractivity contribution in [2.75, 3.05) is 5.73 Å². The number of pyridine rings is 1. The Kier molecular flexibility index (Phi) is 2.38. The Hall–Kier alpha value is -2.54. The van der Waals surface area contributed by atoms with Gasteiger partial charge in [0.15, 0.2) is 0 Å². The fourth-order valence-corrected chi connectivity index (χ4v) is 2.36. The number of anilines is 1. The molecule has 2 N–H and O–H groups in total. The molecule has 18 heavy (non-hydrogen) atoms. The van der Waals surface area contributed by atoms with E-state index in [2.05, 4.69) is 27.8 Å². The number of benzene rings is 1. The van der Waals surface area contributed by atoms with E-state index < -0.39 is 0 Å². The molecule has 0 unspecified atom stereocenters. The predicted molar refractivity (Wildman–Crippen MR) is 71.9 cm³/mol. The molecule has 2 aromatic heterocycles. The van der Waals surface area contributed by atoms with E-state index >= 15 is 0 Å². The minimum absolute atomic E-state index is 0.484. The van der Waals surface area contributed by atoms with Gasteiger partial charge >= 0.3 is 0 Å². The first-order valence-corrected chi connectivity index (χ1v) is 5.80. The molecule has 1 aromatic carbocycles. The monoisotopic (exact) mass is 236 g/mol. The Bertz CT molecular complexity index is 764. The van der Waals surface area contributed by atoms with Crippen LogP contribution in [0.15, 0.2) is 36.5 Å². The van der Waals surface area contributed by atoms with Gasteiger partial charge in [-0.15, -0.1) is 0 Å². The van der Waals surface area contributed by atoms with Crippen molar-refractivity contribution < 1.29 is 0 Å². The maximum absolute atomic E-state index is 8.75. The minimum Gasteiger partial charge on any atom is -0.384 e. The van der Waals surface area contributed by atoms with Crippen molar-refractivity contribution in [1.82, 2.24) is 9.55 Å². The number of para-hydroxylation sites is 1. The van der Waals surface area contributed by atoms with Gasteiger partial charge in [-0.3, -0.25) is 0 Å². The van der Waals surface area contributed by atoms with E-state index in [1.807, 2.05) is 18.2 Å². The summed E-state index contributed by atoms with van der Waals surface area (Å²) >= 11 is 0. The molecule has 2 heterocycles. The van der Waals surface area contributed by atoms with Crippen molar-refractivity contribution >= 4 is 27.6 Å². The Labute approximate surface area is 104 Å². The molecule has 0 amide bonds. The normalized spacial score (nSPS) is 10.8. The number of nitrogens with two attached hydrogens (primary N) is 1. The molecule has 0 aliphatic carbocycles. The molecule has 88 valence electrons. The highest BCUT2D eigenvalue weighted by molar-refractivity contribution is 6.08. The van der Waals surface area contributed by atoms with Crippen molar-refractivity contribution in [2.24, 2.45) is 0 Å². The van der Waals surface area contributed by atoms with Crippen LogP contribution in [0.25, 0.3) is 21.8 Å². The van der Waals surface area contributed by atoms with Crippen LogP contribution in [0.2, 0.25) is 0 Å². The molecule has 0 saturated carbocycles. The summed E-state index contributed by atoms with van der Waals surface area (Å²) in [6.45, 7) is 0.673. The Morgan fingerprint density at radius 1 is 1.22 bits per heavy atom. The van der Waals surface area contributed by atoms with E-state index in [1.165, 1.54) is 0 Å². The lowest BCUT2D eigenvalue weighted by Crippen LogP contribution is -1.97. The first-order chi connectivity index (χ1) is 8.81. The van der Waals surface area contributed by atoms with Crippen LogP contribution in [0.5, 0.6) is 0 Å². The lowest BCUT2D eigenvalue weighted by atomic mass is 10.2. The first kappa shape index (κ1) is 10.6. The summed E-state index contributed by atoms with van der Waals surface area (Å²) in [7, 11) is 0. The number of rotatable bonds is 2. The second-order valence-electron chi connectivity index (χ2n) is 4.20. The van der Waals surface area contributed by atoms with Crippen LogP contribution in [-0.4, -0.2) is 9.55 Å². The van der Waals surface area contributed by atoms with E-state index in [4.69, 9.17) is 11.0 Å². The summed E-state index contributed by atoms with van der Waals surface area (Å²) in [5, 5.41) is 11.0. The van der Waals surface area contributed by atoms with Gasteiger partial charge in [0.05, 0.1) is 24.2 Å². The number of nitrogens with zero attached hydrogens (tertiary/aromatic N) is 3. The number of nitriles is 1. The second-order valence-corrected chi connectivity index (χ2v) is 4.20. The minimum atomic E-state index is 0.484. The molecular formula is C14H12N4. The molecular weight excluding hydrogens is 224 g/mol. The van der Waals surface area contributed by atoms with Crippen LogP contribution in [0.3, 0.4) is 0 Å². The molecule has 0 spiro atoms. The van der Waals surface area contributed by atoms with E-state index in [9.17, 15) is 0 Å². The summed E-state index contributed by atoms with van der Waals surface area (Å²) < 4.78 is 2.13. The largest absolute Gasteiger partial charge is 0.384 e. The molecule has 0 saturated heterocycles. The average molecular weight is 236 g/mol. The highest BCUT2D eigenvalue weighted by atomic mass is 15.0. The van der Waals surface area contributed by atoms with Gasteiger partial charge in [0, 0.05) is 22.8 Å². The number of hydrogen-bond donors (Lipinski definition) is 1. The quantitative estimate of drug-likeness (QED) is 0.743. The van der Waals surface area contributed by atoms with Crippen LogP contribution >= 0.6 is 0 Å². The van der Waals surface area contributed by atoms with Gasteiger partial charge in [-0.1, -0.05) is 18.2 Å². The third kappa shape index (κ3) is 1.49. The maximum Gasteiger partial charge on any atom is 0.124 e. The molecule has 0 aliphatic rings. The van der Waals surface area contributed by atoms with E-state index in [0.717, 1.165) is 21.8 Å². The molecule has 4 heteroatoms. The summed E-state index contributed by atoms with van der Waals surface area (Å²) in [6, 6.07) is 12.2. The fourth-order valence-electron chi connectivity index (χ4n) is 2.36. The van der Waals surface area contributed by atoms with Gasteiger partial charge in [0.25, 0.3) is 0 Å². The summed E-state index contributed by atoms with van der Waals surface area (Å²) in [5.41, 5.74) is 7.90. The zero-order valence-electron chi connectivity index (χ0n) is 9.80. The molecule has 0 fully saturated rings. The number of nitrogen functional groups attached to an aromatic ring is 1. The molecule has 0 radical (unpaired) electrons. The fraction of sp³-hybridized carbons (Fsp3) is 0.143. The number of aromatic nitrogens is 2. The Morgan fingerprint density at radius 3 is 2.89 bits per heavy atom. The van der Waals surface area contributed by atoms with E-state index in [0.29, 0.717) is 18.8 Å². The molecule has 3 rings (SSSR count). The lowest BCUT2D eigenvalue weighted by Gasteiger charge is -2.03. The third-order valence-electron chi connectivity index (χ3n) is 3.13. The standard InChI is InChI=1S/C14H12N4/c15-6-3-7-18-12-5-2-1-4-10(12)11-8-14(16)17-9-13(11)18/h1-2,4-5,8-9H,3,7H2,(H2,16,17). The summed E-state index contributed by atoms with van der Waals surface area (Å²) in [4.78, 5) is 4.15. The summed E-state index contributed by atoms with van der Waals surface area (Å²) in [5.74, 6) is 0.519. The van der Waals surface area contributed by atoms with Gasteiger partial charge < -0.3 is 10.3 Å².